The van der Waals surface area contributed by atoms with Gasteiger partial charge in [-0.1, -0.05) is 66.2 Å². The Balaban J connectivity index is 1.41. The van der Waals surface area contributed by atoms with E-state index in [0.29, 0.717) is 42.6 Å². The zero-order chi connectivity index (χ0) is 25.0. The van der Waals surface area contributed by atoms with E-state index in [1.165, 1.54) is 11.2 Å². The number of hydrogen-bond acceptors (Lipinski definition) is 4. The summed E-state index contributed by atoms with van der Waals surface area (Å²) in [6, 6.07) is 19.8. The Morgan fingerprint density at radius 1 is 1.00 bits per heavy atom. The van der Waals surface area contributed by atoms with Crippen LogP contribution < -0.4 is 10.6 Å². The van der Waals surface area contributed by atoms with E-state index in [0.717, 1.165) is 16.5 Å². The molecule has 2 amide bonds. The van der Waals surface area contributed by atoms with E-state index in [4.69, 9.17) is 0 Å². The van der Waals surface area contributed by atoms with Crippen LogP contribution in [0.5, 0.6) is 0 Å². The van der Waals surface area contributed by atoms with Gasteiger partial charge in [-0.2, -0.15) is 4.31 Å². The quantitative estimate of drug-likeness (QED) is 0.529. The summed E-state index contributed by atoms with van der Waals surface area (Å²) in [5, 5.41) is 7.37. The van der Waals surface area contributed by atoms with Crippen molar-refractivity contribution in [1.82, 2.24) is 14.9 Å². The van der Waals surface area contributed by atoms with Gasteiger partial charge in [0, 0.05) is 37.9 Å². The van der Waals surface area contributed by atoms with Crippen LogP contribution in [0.4, 0.5) is 0 Å². The van der Waals surface area contributed by atoms with E-state index in [-0.39, 0.29) is 17.9 Å². The van der Waals surface area contributed by atoms with Gasteiger partial charge in [0.15, 0.2) is 0 Å². The Morgan fingerprint density at radius 2 is 1.69 bits per heavy atom. The van der Waals surface area contributed by atoms with Crippen LogP contribution in [0, 0.1) is 6.92 Å². The van der Waals surface area contributed by atoms with Crippen LogP contribution in [-0.2, 0) is 26.0 Å². The summed E-state index contributed by atoms with van der Waals surface area (Å²) < 4.78 is 28.3. The molecule has 1 aliphatic heterocycles. The van der Waals surface area contributed by atoms with Crippen molar-refractivity contribution in [3.05, 3.63) is 77.9 Å². The standard InChI is InChI=1S/C27H31N3O4S/c1-19-7-5-8-21(17-19)18-25(28-20(2)31)27(32)29-23-13-15-30(16-14-23)35(33,34)26-12-6-10-22-9-3-4-11-24(22)26/h3-12,17,23,25H,13-16,18H2,1-2H3,(H,28,31)(H,29,32). The van der Waals surface area contributed by atoms with Gasteiger partial charge >= 0.3 is 0 Å². The second-order valence-electron chi connectivity index (χ2n) is 9.11. The average Bonchev–Trinajstić information content (AvgIpc) is 2.83. The maximum atomic E-state index is 13.4. The van der Waals surface area contributed by atoms with E-state index in [1.54, 1.807) is 12.1 Å². The highest BCUT2D eigenvalue weighted by molar-refractivity contribution is 7.89. The molecule has 1 saturated heterocycles. The van der Waals surface area contributed by atoms with Crippen LogP contribution in [0.3, 0.4) is 0 Å². The molecule has 0 saturated carbocycles. The fourth-order valence-corrected chi connectivity index (χ4v) is 6.32. The van der Waals surface area contributed by atoms with Crippen molar-refractivity contribution in [3.63, 3.8) is 0 Å². The van der Waals surface area contributed by atoms with E-state index in [2.05, 4.69) is 10.6 Å². The molecule has 1 heterocycles. The number of benzene rings is 3. The van der Waals surface area contributed by atoms with E-state index in [1.807, 2.05) is 61.5 Å². The summed E-state index contributed by atoms with van der Waals surface area (Å²) in [6.07, 6.45) is 1.40. The smallest absolute Gasteiger partial charge is 0.243 e. The molecule has 0 radical (unpaired) electrons. The van der Waals surface area contributed by atoms with Crippen molar-refractivity contribution < 1.29 is 18.0 Å². The topological polar surface area (TPSA) is 95.6 Å². The van der Waals surface area contributed by atoms with E-state index in [9.17, 15) is 18.0 Å². The molecule has 0 spiro atoms. The average molecular weight is 494 g/mol. The molecule has 0 bridgehead atoms. The Kier molecular flexibility index (Phi) is 7.52. The number of carbonyl (C=O) groups is 2. The Labute approximate surface area is 206 Å². The normalized spacial score (nSPS) is 16.1. The molecule has 1 aliphatic rings. The summed E-state index contributed by atoms with van der Waals surface area (Å²) in [5.41, 5.74) is 2.05. The lowest BCUT2D eigenvalue weighted by Gasteiger charge is -2.32. The number of sulfonamides is 1. The number of nitrogens with one attached hydrogen (secondary N) is 2. The minimum atomic E-state index is -3.65. The van der Waals surface area contributed by atoms with Gasteiger partial charge < -0.3 is 10.6 Å². The molecule has 8 heteroatoms. The third-order valence-corrected chi connectivity index (χ3v) is 8.34. The summed E-state index contributed by atoms with van der Waals surface area (Å²) in [4.78, 5) is 25.1. The van der Waals surface area contributed by atoms with Crippen molar-refractivity contribution in [2.75, 3.05) is 13.1 Å². The number of carbonyl (C=O) groups excluding carboxylic acids is 2. The van der Waals surface area contributed by atoms with E-state index >= 15 is 0 Å². The Bertz CT molecular complexity index is 1330. The highest BCUT2D eigenvalue weighted by Crippen LogP contribution is 2.27. The molecule has 184 valence electrons. The molecule has 2 N–H and O–H groups in total. The van der Waals surface area contributed by atoms with Crippen molar-refractivity contribution in [3.8, 4) is 0 Å². The van der Waals surface area contributed by atoms with Crippen molar-refractivity contribution in [2.45, 2.75) is 50.1 Å². The van der Waals surface area contributed by atoms with Crippen LogP contribution in [0.25, 0.3) is 10.8 Å². The molecule has 3 aromatic carbocycles. The molecule has 1 atom stereocenters. The van der Waals surface area contributed by atoms with Crippen LogP contribution >= 0.6 is 0 Å². The zero-order valence-electron chi connectivity index (χ0n) is 20.0. The van der Waals surface area contributed by atoms with Crippen LogP contribution in [-0.4, -0.2) is 49.7 Å². The molecular formula is C27H31N3O4S. The highest BCUT2D eigenvalue weighted by atomic mass is 32.2. The summed E-state index contributed by atoms with van der Waals surface area (Å²) in [6.45, 7) is 4.02. The molecule has 1 fully saturated rings. The number of fused-ring (bicyclic) bond motifs is 1. The van der Waals surface area contributed by atoms with Crippen molar-refractivity contribution >= 4 is 32.6 Å². The highest BCUT2D eigenvalue weighted by Gasteiger charge is 2.32. The van der Waals surface area contributed by atoms with Crippen LogP contribution in [0.2, 0.25) is 0 Å². The predicted molar refractivity (Wildman–Crippen MR) is 136 cm³/mol. The second-order valence-corrected chi connectivity index (χ2v) is 11.0. The first kappa shape index (κ1) is 24.9. The maximum absolute atomic E-state index is 13.4. The first-order valence-electron chi connectivity index (χ1n) is 11.8. The molecule has 35 heavy (non-hydrogen) atoms. The monoisotopic (exact) mass is 493 g/mol. The molecule has 4 rings (SSSR count). The lowest BCUT2D eigenvalue weighted by atomic mass is 10.0. The summed E-state index contributed by atoms with van der Waals surface area (Å²) in [7, 11) is -3.65. The van der Waals surface area contributed by atoms with Gasteiger partial charge in [0.1, 0.15) is 6.04 Å². The molecular weight excluding hydrogens is 462 g/mol. The number of hydrogen-bond donors (Lipinski definition) is 2. The molecule has 0 aromatic heterocycles. The number of aryl methyl sites for hydroxylation is 1. The minimum absolute atomic E-state index is 0.157. The molecule has 7 nitrogen and oxygen atoms in total. The third-order valence-electron chi connectivity index (χ3n) is 6.38. The van der Waals surface area contributed by atoms with Crippen molar-refractivity contribution in [1.29, 1.82) is 0 Å². The number of rotatable bonds is 7. The Morgan fingerprint density at radius 3 is 2.40 bits per heavy atom. The lowest BCUT2D eigenvalue weighted by Crippen LogP contribution is -2.53. The number of piperidine rings is 1. The molecule has 1 unspecified atom stereocenters. The van der Waals surface area contributed by atoms with Gasteiger partial charge in [0.2, 0.25) is 21.8 Å². The van der Waals surface area contributed by atoms with Gasteiger partial charge in [0.25, 0.3) is 0 Å². The summed E-state index contributed by atoms with van der Waals surface area (Å²) >= 11 is 0. The van der Waals surface area contributed by atoms with Gasteiger partial charge in [-0.05, 0) is 36.8 Å². The largest absolute Gasteiger partial charge is 0.351 e. The lowest BCUT2D eigenvalue weighted by molar-refractivity contribution is -0.128. The van der Waals surface area contributed by atoms with E-state index < -0.39 is 16.1 Å². The summed E-state index contributed by atoms with van der Waals surface area (Å²) in [5.74, 6) is -0.522. The fourth-order valence-electron chi connectivity index (χ4n) is 4.63. The number of nitrogens with zero attached hydrogens (tertiary/aromatic N) is 1. The SMILES string of the molecule is CC(=O)NC(Cc1cccc(C)c1)C(=O)NC1CCN(S(=O)(=O)c2cccc3ccccc23)CC1. The van der Waals surface area contributed by atoms with Crippen LogP contribution in [0.1, 0.15) is 30.9 Å². The predicted octanol–water partition coefficient (Wildman–Crippen LogP) is 3.16. The second kappa shape index (κ2) is 10.6. The molecule has 0 aliphatic carbocycles. The maximum Gasteiger partial charge on any atom is 0.243 e. The van der Waals surface area contributed by atoms with Gasteiger partial charge in [-0.25, -0.2) is 8.42 Å². The first-order valence-corrected chi connectivity index (χ1v) is 13.3. The van der Waals surface area contributed by atoms with Gasteiger partial charge in [0.05, 0.1) is 4.90 Å². The Hall–Kier alpha value is -3.23. The van der Waals surface area contributed by atoms with Gasteiger partial charge in [-0.3, -0.25) is 9.59 Å². The third kappa shape index (κ3) is 5.89. The first-order chi connectivity index (χ1) is 16.7. The van der Waals surface area contributed by atoms with Gasteiger partial charge in [-0.15, -0.1) is 0 Å². The minimum Gasteiger partial charge on any atom is -0.351 e. The van der Waals surface area contributed by atoms with Crippen LogP contribution in [0.15, 0.2) is 71.6 Å². The van der Waals surface area contributed by atoms with Crippen molar-refractivity contribution in [2.24, 2.45) is 0 Å². The molecule has 3 aromatic rings. The zero-order valence-corrected chi connectivity index (χ0v) is 20.8. The fraction of sp³-hybridized carbons (Fsp3) is 0.333. The number of amides is 2.